The van der Waals surface area contributed by atoms with Gasteiger partial charge in [0.1, 0.15) is 11.6 Å². The average Bonchev–Trinajstić information content (AvgIpc) is 3.52. The van der Waals surface area contributed by atoms with E-state index in [4.69, 9.17) is 4.74 Å². The quantitative estimate of drug-likeness (QED) is 0.850. The summed E-state index contributed by atoms with van der Waals surface area (Å²) in [5, 5.41) is 5.74. The zero-order chi connectivity index (χ0) is 18.6. The lowest BCUT2D eigenvalue weighted by atomic mass is 10.2. The zero-order valence-electron chi connectivity index (χ0n) is 15.5. The highest BCUT2D eigenvalue weighted by Gasteiger charge is 2.23. The van der Waals surface area contributed by atoms with Crippen molar-refractivity contribution in [1.29, 1.82) is 0 Å². The van der Waals surface area contributed by atoms with E-state index >= 15 is 0 Å². The number of urea groups is 1. The normalized spacial score (nSPS) is 16.8. The molecule has 142 valence electrons. The van der Waals surface area contributed by atoms with Crippen LogP contribution in [0.1, 0.15) is 12.8 Å². The number of aromatic nitrogens is 1. The summed E-state index contributed by atoms with van der Waals surface area (Å²) in [5.41, 5.74) is 1.85. The molecule has 1 saturated heterocycles. The van der Waals surface area contributed by atoms with E-state index in [0.29, 0.717) is 11.7 Å². The van der Waals surface area contributed by atoms with Crippen molar-refractivity contribution in [3.05, 3.63) is 42.6 Å². The van der Waals surface area contributed by atoms with Crippen LogP contribution in [0.5, 0.6) is 5.75 Å². The van der Waals surface area contributed by atoms with Crippen LogP contribution in [-0.4, -0.2) is 50.3 Å². The lowest BCUT2D eigenvalue weighted by Gasteiger charge is -2.37. The number of para-hydroxylation sites is 2. The Hall–Kier alpha value is -2.96. The smallest absolute Gasteiger partial charge is 0.319 e. The number of carbonyl (C=O) groups excluding carboxylic acids is 1. The predicted molar refractivity (Wildman–Crippen MR) is 107 cm³/mol. The first-order valence-corrected chi connectivity index (χ1v) is 9.39. The molecule has 1 aromatic carbocycles. The van der Waals surface area contributed by atoms with Gasteiger partial charge in [-0.3, -0.25) is 0 Å². The Morgan fingerprint density at radius 2 is 1.81 bits per heavy atom. The summed E-state index contributed by atoms with van der Waals surface area (Å²) in [6.45, 7) is 3.59. The molecular weight excluding hydrogens is 342 g/mol. The van der Waals surface area contributed by atoms with Gasteiger partial charge in [0.15, 0.2) is 0 Å². The summed E-state index contributed by atoms with van der Waals surface area (Å²) in [7, 11) is 1.71. The second-order valence-corrected chi connectivity index (χ2v) is 6.92. The summed E-state index contributed by atoms with van der Waals surface area (Å²) in [6, 6.07) is 12.2. The van der Waals surface area contributed by atoms with Crippen LogP contribution in [0.25, 0.3) is 0 Å². The second-order valence-electron chi connectivity index (χ2n) is 6.92. The monoisotopic (exact) mass is 367 g/mol. The molecule has 2 fully saturated rings. The number of nitrogens with zero attached hydrogens (tertiary/aromatic N) is 3. The third-order valence-electron chi connectivity index (χ3n) is 4.95. The Morgan fingerprint density at radius 3 is 2.48 bits per heavy atom. The van der Waals surface area contributed by atoms with Crippen molar-refractivity contribution < 1.29 is 9.53 Å². The summed E-state index contributed by atoms with van der Waals surface area (Å²) in [4.78, 5) is 20.9. The topological polar surface area (TPSA) is 69.7 Å². The molecule has 2 aliphatic rings. The molecule has 7 nitrogen and oxygen atoms in total. The van der Waals surface area contributed by atoms with Gasteiger partial charge in [0.2, 0.25) is 0 Å². The fourth-order valence-electron chi connectivity index (χ4n) is 3.29. The summed E-state index contributed by atoms with van der Waals surface area (Å²) < 4.78 is 5.48. The van der Waals surface area contributed by atoms with Gasteiger partial charge in [-0.2, -0.15) is 0 Å². The molecule has 0 atom stereocenters. The molecule has 2 amide bonds. The van der Waals surface area contributed by atoms with Crippen molar-refractivity contribution in [3.63, 3.8) is 0 Å². The molecule has 0 radical (unpaired) electrons. The maximum absolute atomic E-state index is 11.8. The van der Waals surface area contributed by atoms with Crippen LogP contribution in [0, 0.1) is 0 Å². The van der Waals surface area contributed by atoms with Gasteiger partial charge in [-0.25, -0.2) is 9.78 Å². The van der Waals surface area contributed by atoms with Gasteiger partial charge in [-0.15, -0.1) is 0 Å². The number of ether oxygens (including phenoxy) is 1. The van der Waals surface area contributed by atoms with Crippen LogP contribution in [0.15, 0.2) is 42.6 Å². The standard InChI is InChI=1S/C20H25N5O2/c1-27-18-5-3-2-4-17(18)24-10-12-25(13-11-24)19-9-8-16(14-21-19)23-20(26)22-15-6-7-15/h2-5,8-9,14-15H,6-7,10-13H2,1H3,(H2,22,23,26). The average molecular weight is 367 g/mol. The van der Waals surface area contributed by atoms with Crippen LogP contribution >= 0.6 is 0 Å². The highest BCUT2D eigenvalue weighted by Crippen LogP contribution is 2.29. The number of anilines is 3. The number of pyridine rings is 1. The van der Waals surface area contributed by atoms with E-state index in [1.54, 1.807) is 13.3 Å². The zero-order valence-corrected chi connectivity index (χ0v) is 15.5. The molecule has 1 aromatic heterocycles. The van der Waals surface area contributed by atoms with Crippen LogP contribution in [0.4, 0.5) is 22.0 Å². The highest BCUT2D eigenvalue weighted by molar-refractivity contribution is 5.89. The Balaban J connectivity index is 1.33. The molecule has 27 heavy (non-hydrogen) atoms. The molecular formula is C20H25N5O2. The molecule has 2 N–H and O–H groups in total. The minimum Gasteiger partial charge on any atom is -0.495 e. The molecule has 2 aromatic rings. The van der Waals surface area contributed by atoms with Crippen LogP contribution < -0.4 is 25.2 Å². The Labute approximate surface area is 159 Å². The number of methoxy groups -OCH3 is 1. The molecule has 0 unspecified atom stereocenters. The van der Waals surface area contributed by atoms with Gasteiger partial charge >= 0.3 is 6.03 Å². The maximum Gasteiger partial charge on any atom is 0.319 e. The van der Waals surface area contributed by atoms with E-state index in [0.717, 1.165) is 56.3 Å². The number of nitrogens with one attached hydrogen (secondary N) is 2. The highest BCUT2D eigenvalue weighted by atomic mass is 16.5. The van der Waals surface area contributed by atoms with Crippen LogP contribution in [0.2, 0.25) is 0 Å². The fourth-order valence-corrected chi connectivity index (χ4v) is 3.29. The largest absolute Gasteiger partial charge is 0.495 e. The van der Waals surface area contributed by atoms with Crippen molar-refractivity contribution in [2.45, 2.75) is 18.9 Å². The van der Waals surface area contributed by atoms with Crippen molar-refractivity contribution in [2.75, 3.05) is 48.4 Å². The first-order valence-electron chi connectivity index (χ1n) is 9.39. The first kappa shape index (κ1) is 17.5. The van der Waals surface area contributed by atoms with Gasteiger partial charge in [0.25, 0.3) is 0 Å². The van der Waals surface area contributed by atoms with E-state index in [-0.39, 0.29) is 6.03 Å². The molecule has 0 bridgehead atoms. The summed E-state index contributed by atoms with van der Waals surface area (Å²) in [6.07, 6.45) is 3.87. The Kier molecular flexibility index (Phi) is 5.00. The van der Waals surface area contributed by atoms with E-state index in [2.05, 4.69) is 31.5 Å². The number of hydrogen-bond donors (Lipinski definition) is 2. The molecule has 0 spiro atoms. The van der Waals surface area contributed by atoms with E-state index in [9.17, 15) is 4.79 Å². The van der Waals surface area contributed by atoms with E-state index in [1.165, 1.54) is 0 Å². The van der Waals surface area contributed by atoms with Gasteiger partial charge in [0, 0.05) is 32.2 Å². The number of piperazine rings is 1. The van der Waals surface area contributed by atoms with Gasteiger partial charge in [0.05, 0.1) is 24.7 Å². The molecule has 7 heteroatoms. The molecule has 1 aliphatic heterocycles. The van der Waals surface area contributed by atoms with Crippen molar-refractivity contribution >= 4 is 23.2 Å². The Morgan fingerprint density at radius 1 is 1.07 bits per heavy atom. The lowest BCUT2D eigenvalue weighted by Crippen LogP contribution is -2.46. The predicted octanol–water partition coefficient (Wildman–Crippen LogP) is 2.70. The van der Waals surface area contributed by atoms with Gasteiger partial charge < -0.3 is 25.2 Å². The Bertz CT molecular complexity index is 783. The van der Waals surface area contributed by atoms with Crippen molar-refractivity contribution in [3.8, 4) is 5.75 Å². The van der Waals surface area contributed by atoms with E-state index in [1.807, 2.05) is 30.3 Å². The third-order valence-corrected chi connectivity index (χ3v) is 4.95. The third kappa shape index (κ3) is 4.24. The van der Waals surface area contributed by atoms with Crippen molar-refractivity contribution in [1.82, 2.24) is 10.3 Å². The van der Waals surface area contributed by atoms with Crippen LogP contribution in [0.3, 0.4) is 0 Å². The van der Waals surface area contributed by atoms with E-state index < -0.39 is 0 Å². The SMILES string of the molecule is COc1ccccc1N1CCN(c2ccc(NC(=O)NC3CC3)cn2)CC1. The molecule has 1 aliphatic carbocycles. The van der Waals surface area contributed by atoms with Gasteiger partial charge in [-0.1, -0.05) is 12.1 Å². The number of rotatable bonds is 5. The molecule has 1 saturated carbocycles. The minimum atomic E-state index is -0.155. The number of benzene rings is 1. The first-order chi connectivity index (χ1) is 13.2. The lowest BCUT2D eigenvalue weighted by molar-refractivity contribution is 0.251. The van der Waals surface area contributed by atoms with Crippen LogP contribution in [-0.2, 0) is 0 Å². The maximum atomic E-state index is 11.8. The summed E-state index contributed by atoms with van der Waals surface area (Å²) in [5.74, 6) is 1.84. The fraction of sp³-hybridized carbons (Fsp3) is 0.400. The molecule has 2 heterocycles. The van der Waals surface area contributed by atoms with Crippen molar-refractivity contribution in [2.24, 2.45) is 0 Å². The number of amides is 2. The van der Waals surface area contributed by atoms with Gasteiger partial charge in [-0.05, 0) is 37.1 Å². The number of carbonyl (C=O) groups is 1. The summed E-state index contributed by atoms with van der Waals surface area (Å²) >= 11 is 0. The minimum absolute atomic E-state index is 0.155. The number of hydrogen-bond acceptors (Lipinski definition) is 5. The molecule has 4 rings (SSSR count). The second kappa shape index (κ2) is 7.73.